The van der Waals surface area contributed by atoms with Gasteiger partial charge >= 0.3 is 0 Å². The number of allylic oxidation sites excluding steroid dienone is 1. The highest BCUT2D eigenvalue weighted by Gasteiger charge is 2.09. The number of benzene rings is 3. The van der Waals surface area contributed by atoms with Crippen LogP contribution >= 0.6 is 0 Å². The largest absolute Gasteiger partial charge is 0.0795 e. The summed E-state index contributed by atoms with van der Waals surface area (Å²) in [5.41, 5.74) is 2.86. The molecule has 0 atom stereocenters. The Balaban J connectivity index is 2.18. The Bertz CT molecular complexity index is 763. The van der Waals surface area contributed by atoms with Gasteiger partial charge in [0.05, 0.1) is 0 Å². The minimum absolute atomic E-state index is 1.07. The van der Waals surface area contributed by atoms with Crippen molar-refractivity contribution >= 4 is 27.6 Å². The molecule has 0 nitrogen and oxygen atoms in total. The third-order valence-corrected chi connectivity index (χ3v) is 3.65. The van der Waals surface area contributed by atoms with Crippen LogP contribution in [0.5, 0.6) is 0 Å². The third-order valence-electron chi connectivity index (χ3n) is 3.65. The molecule has 0 bridgehead atoms. The topological polar surface area (TPSA) is 0 Å². The second-order valence-corrected chi connectivity index (χ2v) is 4.66. The lowest BCUT2D eigenvalue weighted by molar-refractivity contribution is 1.35. The van der Waals surface area contributed by atoms with Crippen molar-refractivity contribution in [1.29, 1.82) is 0 Å². The zero-order valence-electron chi connectivity index (χ0n) is 9.48. The Morgan fingerprint density at radius 1 is 0.765 bits per heavy atom. The van der Waals surface area contributed by atoms with Crippen molar-refractivity contribution in [3.63, 3.8) is 0 Å². The summed E-state index contributed by atoms with van der Waals surface area (Å²) in [5.74, 6) is 0. The van der Waals surface area contributed by atoms with Crippen molar-refractivity contribution in [3.05, 3.63) is 65.7 Å². The highest BCUT2D eigenvalue weighted by Crippen LogP contribution is 2.31. The lowest BCUT2D eigenvalue weighted by Gasteiger charge is -2.07. The first-order valence-corrected chi connectivity index (χ1v) is 6.03. The standard InChI is InChI=1S/C17H12/c1-2-5-14-11-17-15(10-13(14)4-1)9-8-12-6-3-7-16(12)17/h1-6,8-11H,7H2. The molecule has 0 saturated heterocycles. The van der Waals surface area contributed by atoms with Crippen LogP contribution in [0.15, 0.2) is 54.6 Å². The van der Waals surface area contributed by atoms with Gasteiger partial charge in [0.2, 0.25) is 0 Å². The van der Waals surface area contributed by atoms with E-state index in [4.69, 9.17) is 0 Å². The molecule has 0 saturated carbocycles. The number of hydrogen-bond acceptors (Lipinski definition) is 0. The first-order valence-electron chi connectivity index (χ1n) is 6.03. The molecule has 80 valence electrons. The summed E-state index contributed by atoms with van der Waals surface area (Å²) in [6.07, 6.45) is 5.55. The quantitative estimate of drug-likeness (QED) is 0.483. The van der Waals surface area contributed by atoms with E-state index in [1.807, 2.05) is 0 Å². The van der Waals surface area contributed by atoms with Crippen LogP contribution in [0.1, 0.15) is 11.1 Å². The van der Waals surface area contributed by atoms with E-state index in [2.05, 4.69) is 60.7 Å². The average molecular weight is 216 g/mol. The van der Waals surface area contributed by atoms with E-state index in [1.54, 1.807) is 0 Å². The minimum Gasteiger partial charge on any atom is -0.0795 e. The van der Waals surface area contributed by atoms with Crippen LogP contribution in [-0.4, -0.2) is 0 Å². The smallest absolute Gasteiger partial charge is 0.00820 e. The van der Waals surface area contributed by atoms with E-state index in [-0.39, 0.29) is 0 Å². The number of rotatable bonds is 0. The molecule has 4 rings (SSSR count). The molecule has 0 unspecified atom stereocenters. The summed E-state index contributed by atoms with van der Waals surface area (Å²) < 4.78 is 0. The predicted octanol–water partition coefficient (Wildman–Crippen LogP) is 4.56. The molecule has 0 heterocycles. The Hall–Kier alpha value is -2.08. The highest BCUT2D eigenvalue weighted by molar-refractivity contribution is 6.01. The average Bonchev–Trinajstić information content (AvgIpc) is 2.85. The van der Waals surface area contributed by atoms with Crippen LogP contribution in [0.2, 0.25) is 0 Å². The molecular formula is C17H12. The van der Waals surface area contributed by atoms with Crippen molar-refractivity contribution in [2.45, 2.75) is 6.42 Å². The molecule has 0 amide bonds. The molecule has 0 aromatic heterocycles. The molecule has 0 spiro atoms. The minimum atomic E-state index is 1.07. The summed E-state index contributed by atoms with van der Waals surface area (Å²) in [6.45, 7) is 0. The summed E-state index contributed by atoms with van der Waals surface area (Å²) >= 11 is 0. The highest BCUT2D eigenvalue weighted by atomic mass is 14.1. The fraction of sp³-hybridized carbons (Fsp3) is 0.0588. The lowest BCUT2D eigenvalue weighted by atomic mass is 9.97. The van der Waals surface area contributed by atoms with Crippen LogP contribution in [0.3, 0.4) is 0 Å². The van der Waals surface area contributed by atoms with E-state index >= 15 is 0 Å². The van der Waals surface area contributed by atoms with Crippen LogP contribution in [-0.2, 0) is 6.42 Å². The zero-order chi connectivity index (χ0) is 11.2. The molecular weight excluding hydrogens is 204 g/mol. The summed E-state index contributed by atoms with van der Waals surface area (Å²) in [7, 11) is 0. The molecule has 1 aliphatic rings. The monoisotopic (exact) mass is 216 g/mol. The van der Waals surface area contributed by atoms with Gasteiger partial charge in [0.1, 0.15) is 0 Å². The van der Waals surface area contributed by atoms with Gasteiger partial charge in [-0.2, -0.15) is 0 Å². The lowest BCUT2D eigenvalue weighted by Crippen LogP contribution is -1.85. The van der Waals surface area contributed by atoms with E-state index in [0.717, 1.165) is 6.42 Å². The maximum Gasteiger partial charge on any atom is -0.00820 e. The normalized spacial score (nSPS) is 13.4. The predicted molar refractivity (Wildman–Crippen MR) is 74.2 cm³/mol. The van der Waals surface area contributed by atoms with E-state index in [9.17, 15) is 0 Å². The molecule has 3 aromatic rings. The fourth-order valence-electron chi connectivity index (χ4n) is 2.78. The van der Waals surface area contributed by atoms with E-state index < -0.39 is 0 Å². The molecule has 1 aliphatic carbocycles. The van der Waals surface area contributed by atoms with Crippen molar-refractivity contribution < 1.29 is 0 Å². The van der Waals surface area contributed by atoms with Crippen molar-refractivity contribution in [2.24, 2.45) is 0 Å². The van der Waals surface area contributed by atoms with Gasteiger partial charge in [-0.3, -0.25) is 0 Å². The van der Waals surface area contributed by atoms with Crippen molar-refractivity contribution in [1.82, 2.24) is 0 Å². The zero-order valence-corrected chi connectivity index (χ0v) is 9.48. The molecule has 3 aromatic carbocycles. The summed E-state index contributed by atoms with van der Waals surface area (Å²) in [6, 6.07) is 17.7. The number of hydrogen-bond donors (Lipinski definition) is 0. The van der Waals surface area contributed by atoms with Gasteiger partial charge in [-0.1, -0.05) is 48.6 Å². The van der Waals surface area contributed by atoms with Crippen LogP contribution in [0.4, 0.5) is 0 Å². The van der Waals surface area contributed by atoms with Crippen molar-refractivity contribution in [3.8, 4) is 0 Å². The van der Waals surface area contributed by atoms with Gasteiger partial charge in [-0.05, 0) is 51.2 Å². The third kappa shape index (κ3) is 1.24. The Kier molecular flexibility index (Phi) is 1.70. The first kappa shape index (κ1) is 9.00. The fourth-order valence-corrected chi connectivity index (χ4v) is 2.78. The van der Waals surface area contributed by atoms with E-state index in [0.29, 0.717) is 0 Å². The van der Waals surface area contributed by atoms with Gasteiger partial charge in [0, 0.05) is 0 Å². The van der Waals surface area contributed by atoms with Crippen LogP contribution < -0.4 is 0 Å². The molecule has 0 fully saturated rings. The second-order valence-electron chi connectivity index (χ2n) is 4.66. The molecule has 0 N–H and O–H groups in total. The Morgan fingerprint density at radius 2 is 1.59 bits per heavy atom. The van der Waals surface area contributed by atoms with Crippen LogP contribution in [0.25, 0.3) is 27.6 Å². The van der Waals surface area contributed by atoms with Gasteiger partial charge in [0.15, 0.2) is 0 Å². The van der Waals surface area contributed by atoms with E-state index in [1.165, 1.54) is 32.7 Å². The van der Waals surface area contributed by atoms with Crippen LogP contribution in [0, 0.1) is 0 Å². The summed E-state index contributed by atoms with van der Waals surface area (Å²) in [4.78, 5) is 0. The van der Waals surface area contributed by atoms with Gasteiger partial charge in [-0.15, -0.1) is 0 Å². The Labute approximate surface area is 100 Å². The SMILES string of the molecule is C1=Cc2ccc3cc4ccccc4cc3c2C1. The molecule has 0 radical (unpaired) electrons. The van der Waals surface area contributed by atoms with Gasteiger partial charge < -0.3 is 0 Å². The van der Waals surface area contributed by atoms with Gasteiger partial charge in [-0.25, -0.2) is 0 Å². The second kappa shape index (κ2) is 3.21. The molecule has 17 heavy (non-hydrogen) atoms. The Morgan fingerprint density at radius 3 is 2.47 bits per heavy atom. The van der Waals surface area contributed by atoms with Crippen molar-refractivity contribution in [2.75, 3.05) is 0 Å². The molecule has 0 heteroatoms. The van der Waals surface area contributed by atoms with Gasteiger partial charge in [0.25, 0.3) is 0 Å². The maximum absolute atomic E-state index is 2.33. The number of fused-ring (bicyclic) bond motifs is 4. The first-order chi connectivity index (χ1) is 8.42. The summed E-state index contributed by atoms with van der Waals surface area (Å²) in [5, 5.41) is 5.42. The maximum atomic E-state index is 2.33. The molecule has 0 aliphatic heterocycles.